The maximum atomic E-state index is 6.06. The maximum Gasteiger partial charge on any atom is 0.193 e. The molecule has 6 heteroatoms. The summed E-state index contributed by atoms with van der Waals surface area (Å²) in [7, 11) is 0. The van der Waals surface area contributed by atoms with Gasteiger partial charge in [0.05, 0.1) is 19.8 Å². The Labute approximate surface area is 144 Å². The van der Waals surface area contributed by atoms with Gasteiger partial charge in [-0.2, -0.15) is 0 Å². The number of likely N-dealkylation sites (tertiary alicyclic amines) is 1. The summed E-state index contributed by atoms with van der Waals surface area (Å²) in [5.74, 6) is 2.00. The van der Waals surface area contributed by atoms with Crippen LogP contribution < -0.4 is 20.5 Å². The molecule has 24 heavy (non-hydrogen) atoms. The standard InChI is InChI=1S/C18H28N4O2/c1-2-8-22-9-3-5-15(22)13-20-18(19)21-14-6-7-16-17(12-14)24-11-4-10-23-16/h6-7,12,15H,2-5,8-11,13H2,1H3,(H3,19,20,21)/t15-/m0/s1. The summed E-state index contributed by atoms with van der Waals surface area (Å²) in [6.45, 7) is 6.68. The molecule has 1 saturated heterocycles. The summed E-state index contributed by atoms with van der Waals surface area (Å²) in [6, 6.07) is 6.29. The molecule has 1 fully saturated rings. The number of aliphatic imine (C=N–C) groups is 1. The van der Waals surface area contributed by atoms with Crippen LogP contribution >= 0.6 is 0 Å². The topological polar surface area (TPSA) is 72.1 Å². The van der Waals surface area contributed by atoms with E-state index in [0.29, 0.717) is 25.2 Å². The molecule has 3 N–H and O–H groups in total. The average molecular weight is 332 g/mol. The van der Waals surface area contributed by atoms with Gasteiger partial charge in [0.1, 0.15) is 0 Å². The number of guanidine groups is 1. The van der Waals surface area contributed by atoms with E-state index in [4.69, 9.17) is 15.2 Å². The fraction of sp³-hybridized carbons (Fsp3) is 0.611. The van der Waals surface area contributed by atoms with Gasteiger partial charge in [-0.3, -0.25) is 9.89 Å². The first-order valence-corrected chi connectivity index (χ1v) is 8.97. The van der Waals surface area contributed by atoms with Gasteiger partial charge in [0.15, 0.2) is 17.5 Å². The number of hydrogen-bond acceptors (Lipinski definition) is 4. The summed E-state index contributed by atoms with van der Waals surface area (Å²) in [6.07, 6.45) is 4.55. The number of hydrogen-bond donors (Lipinski definition) is 2. The van der Waals surface area contributed by atoms with Crippen molar-refractivity contribution in [2.24, 2.45) is 10.7 Å². The lowest BCUT2D eigenvalue weighted by Gasteiger charge is -2.22. The minimum Gasteiger partial charge on any atom is -0.490 e. The van der Waals surface area contributed by atoms with E-state index in [0.717, 1.165) is 36.7 Å². The van der Waals surface area contributed by atoms with Crippen molar-refractivity contribution in [3.63, 3.8) is 0 Å². The predicted octanol–water partition coefficient (Wildman–Crippen LogP) is 2.45. The molecule has 1 aromatic carbocycles. The fourth-order valence-electron chi connectivity index (χ4n) is 3.32. The lowest BCUT2D eigenvalue weighted by Crippen LogP contribution is -2.33. The molecule has 6 nitrogen and oxygen atoms in total. The van der Waals surface area contributed by atoms with Crippen LogP contribution in [0, 0.1) is 0 Å². The molecular weight excluding hydrogens is 304 g/mol. The number of nitrogens with zero attached hydrogens (tertiary/aromatic N) is 2. The summed E-state index contributed by atoms with van der Waals surface area (Å²) in [5, 5.41) is 3.16. The maximum absolute atomic E-state index is 6.06. The Kier molecular flexibility index (Phi) is 5.80. The highest BCUT2D eigenvalue weighted by Crippen LogP contribution is 2.32. The van der Waals surface area contributed by atoms with E-state index in [2.05, 4.69) is 22.1 Å². The summed E-state index contributed by atoms with van der Waals surface area (Å²) in [4.78, 5) is 7.05. The molecule has 0 aromatic heterocycles. The molecule has 0 amide bonds. The summed E-state index contributed by atoms with van der Waals surface area (Å²) < 4.78 is 11.3. The van der Waals surface area contributed by atoms with Gasteiger partial charge in [-0.05, 0) is 44.5 Å². The van der Waals surface area contributed by atoms with Gasteiger partial charge in [0.2, 0.25) is 0 Å². The predicted molar refractivity (Wildman–Crippen MR) is 97.0 cm³/mol. The molecule has 0 aliphatic carbocycles. The Morgan fingerprint density at radius 3 is 2.96 bits per heavy atom. The van der Waals surface area contributed by atoms with Crippen LogP contribution in [0.15, 0.2) is 23.2 Å². The van der Waals surface area contributed by atoms with Crippen LogP contribution in [0.4, 0.5) is 5.69 Å². The van der Waals surface area contributed by atoms with E-state index < -0.39 is 0 Å². The molecule has 0 spiro atoms. The van der Waals surface area contributed by atoms with Crippen LogP contribution in [-0.2, 0) is 0 Å². The number of rotatable bonds is 5. The van der Waals surface area contributed by atoms with Crippen molar-refractivity contribution in [2.75, 3.05) is 38.2 Å². The molecule has 2 aliphatic heterocycles. The van der Waals surface area contributed by atoms with Crippen LogP contribution in [-0.4, -0.2) is 49.7 Å². The second-order valence-corrected chi connectivity index (χ2v) is 6.39. The highest BCUT2D eigenvalue weighted by molar-refractivity contribution is 5.92. The first-order valence-electron chi connectivity index (χ1n) is 8.97. The van der Waals surface area contributed by atoms with Gasteiger partial charge in [0, 0.05) is 24.2 Å². The molecule has 2 aliphatic rings. The third kappa shape index (κ3) is 4.32. The molecule has 132 valence electrons. The third-order valence-corrected chi connectivity index (χ3v) is 4.50. The van der Waals surface area contributed by atoms with Crippen molar-refractivity contribution in [1.29, 1.82) is 0 Å². The zero-order chi connectivity index (χ0) is 16.8. The molecule has 0 unspecified atom stereocenters. The highest BCUT2D eigenvalue weighted by Gasteiger charge is 2.23. The number of fused-ring (bicyclic) bond motifs is 1. The second kappa shape index (κ2) is 8.24. The van der Waals surface area contributed by atoms with Gasteiger partial charge in [-0.15, -0.1) is 0 Å². The molecule has 0 radical (unpaired) electrons. The number of benzene rings is 1. The summed E-state index contributed by atoms with van der Waals surface area (Å²) >= 11 is 0. The first kappa shape index (κ1) is 16.9. The van der Waals surface area contributed by atoms with Gasteiger partial charge in [-0.25, -0.2) is 0 Å². The monoisotopic (exact) mass is 332 g/mol. The van der Waals surface area contributed by atoms with Gasteiger partial charge >= 0.3 is 0 Å². The number of nitrogens with two attached hydrogens (primary N) is 1. The molecule has 1 atom stereocenters. The van der Waals surface area contributed by atoms with E-state index in [9.17, 15) is 0 Å². The van der Waals surface area contributed by atoms with Crippen molar-refractivity contribution in [1.82, 2.24) is 4.90 Å². The van der Waals surface area contributed by atoms with Crippen LogP contribution in [0.3, 0.4) is 0 Å². The minimum absolute atomic E-state index is 0.452. The molecule has 1 aromatic rings. The smallest absolute Gasteiger partial charge is 0.193 e. The lowest BCUT2D eigenvalue weighted by molar-refractivity contribution is 0.260. The van der Waals surface area contributed by atoms with Crippen LogP contribution in [0.1, 0.15) is 32.6 Å². The van der Waals surface area contributed by atoms with E-state index in [1.165, 1.54) is 25.8 Å². The quantitative estimate of drug-likeness (QED) is 0.640. The van der Waals surface area contributed by atoms with Gasteiger partial charge in [-0.1, -0.05) is 6.92 Å². The molecular formula is C18H28N4O2. The number of ether oxygens (including phenoxy) is 2. The zero-order valence-corrected chi connectivity index (χ0v) is 14.5. The third-order valence-electron chi connectivity index (χ3n) is 4.50. The number of anilines is 1. The second-order valence-electron chi connectivity index (χ2n) is 6.39. The number of nitrogens with one attached hydrogen (secondary N) is 1. The van der Waals surface area contributed by atoms with Crippen molar-refractivity contribution in [2.45, 2.75) is 38.6 Å². The Balaban J connectivity index is 1.58. The van der Waals surface area contributed by atoms with E-state index >= 15 is 0 Å². The largest absolute Gasteiger partial charge is 0.490 e. The first-order chi connectivity index (χ1) is 11.8. The molecule has 0 bridgehead atoms. The SMILES string of the molecule is CCCN1CCC[C@H]1CN=C(N)Nc1ccc2c(c1)OCCCO2. The lowest BCUT2D eigenvalue weighted by atomic mass is 10.2. The molecule has 3 rings (SSSR count). The van der Waals surface area contributed by atoms with Crippen LogP contribution in [0.25, 0.3) is 0 Å². The minimum atomic E-state index is 0.452. The van der Waals surface area contributed by atoms with Crippen LogP contribution in [0.5, 0.6) is 11.5 Å². The van der Waals surface area contributed by atoms with E-state index in [1.54, 1.807) is 0 Å². The fourth-order valence-corrected chi connectivity index (χ4v) is 3.32. The Hall–Kier alpha value is -1.95. The van der Waals surface area contributed by atoms with Gasteiger partial charge < -0.3 is 20.5 Å². The van der Waals surface area contributed by atoms with Crippen molar-refractivity contribution in [3.8, 4) is 11.5 Å². The zero-order valence-electron chi connectivity index (χ0n) is 14.5. The van der Waals surface area contributed by atoms with Crippen LogP contribution in [0.2, 0.25) is 0 Å². The van der Waals surface area contributed by atoms with Crippen molar-refractivity contribution in [3.05, 3.63) is 18.2 Å². The van der Waals surface area contributed by atoms with E-state index in [1.807, 2.05) is 18.2 Å². The molecule has 0 saturated carbocycles. The normalized spacial score (nSPS) is 21.5. The molecule has 2 heterocycles. The Morgan fingerprint density at radius 2 is 2.12 bits per heavy atom. The van der Waals surface area contributed by atoms with Gasteiger partial charge in [0.25, 0.3) is 0 Å². The summed E-state index contributed by atoms with van der Waals surface area (Å²) in [5.41, 5.74) is 6.93. The Bertz CT molecular complexity index is 576. The Morgan fingerprint density at radius 1 is 1.29 bits per heavy atom. The van der Waals surface area contributed by atoms with Crippen molar-refractivity contribution >= 4 is 11.6 Å². The van der Waals surface area contributed by atoms with Crippen molar-refractivity contribution < 1.29 is 9.47 Å². The highest BCUT2D eigenvalue weighted by atomic mass is 16.5. The van der Waals surface area contributed by atoms with E-state index in [-0.39, 0.29) is 0 Å². The average Bonchev–Trinajstić information content (AvgIpc) is 2.88.